The van der Waals surface area contributed by atoms with Crippen molar-refractivity contribution in [2.45, 2.75) is 13.3 Å². The molecular formula is C14H17N3O2. The number of hydrogen-bond donors (Lipinski definition) is 1. The number of aromatic nitrogens is 2. The summed E-state index contributed by atoms with van der Waals surface area (Å²) in [6.45, 7) is 5.99. The normalized spacial score (nSPS) is 10.4. The maximum Gasteiger partial charge on any atom is 0.270 e. The fourth-order valence-corrected chi connectivity index (χ4v) is 1.98. The van der Waals surface area contributed by atoms with E-state index in [2.05, 4.69) is 16.9 Å². The predicted molar refractivity (Wildman–Crippen MR) is 73.7 cm³/mol. The molecule has 1 amide bonds. The third kappa shape index (κ3) is 2.31. The zero-order valence-corrected chi connectivity index (χ0v) is 11.1. The van der Waals surface area contributed by atoms with Gasteiger partial charge in [-0.3, -0.25) is 9.20 Å². The highest BCUT2D eigenvalue weighted by atomic mass is 16.5. The minimum absolute atomic E-state index is 0.155. The molecule has 0 atom stereocenters. The lowest BCUT2D eigenvalue weighted by Gasteiger charge is -2.05. The van der Waals surface area contributed by atoms with Crippen LogP contribution in [0.15, 0.2) is 31.0 Å². The molecule has 100 valence electrons. The van der Waals surface area contributed by atoms with E-state index >= 15 is 0 Å². The zero-order valence-electron chi connectivity index (χ0n) is 11.1. The van der Waals surface area contributed by atoms with Crippen LogP contribution in [0.1, 0.15) is 23.1 Å². The van der Waals surface area contributed by atoms with Gasteiger partial charge >= 0.3 is 0 Å². The molecule has 5 heteroatoms. The first-order valence-electron chi connectivity index (χ1n) is 6.16. The Bertz CT molecular complexity index is 616. The minimum atomic E-state index is -0.155. The second-order valence-corrected chi connectivity index (χ2v) is 4.03. The largest absolute Gasteiger partial charge is 0.493 e. The second-order valence-electron chi connectivity index (χ2n) is 4.03. The van der Waals surface area contributed by atoms with E-state index in [1.165, 1.54) is 0 Å². The van der Waals surface area contributed by atoms with Gasteiger partial charge in [0.25, 0.3) is 5.91 Å². The average Bonchev–Trinajstić information content (AvgIpc) is 2.83. The molecule has 0 spiro atoms. The molecule has 0 aromatic carbocycles. The lowest BCUT2D eigenvalue weighted by Crippen LogP contribution is -2.25. The molecule has 0 bridgehead atoms. The highest BCUT2D eigenvalue weighted by molar-refractivity contribution is 5.95. The first-order valence-corrected chi connectivity index (χ1v) is 6.16. The summed E-state index contributed by atoms with van der Waals surface area (Å²) in [5.41, 5.74) is 1.97. The van der Waals surface area contributed by atoms with Crippen molar-refractivity contribution in [1.29, 1.82) is 0 Å². The molecule has 2 heterocycles. The van der Waals surface area contributed by atoms with E-state index in [1.54, 1.807) is 17.6 Å². The van der Waals surface area contributed by atoms with E-state index in [1.807, 2.05) is 25.3 Å². The molecule has 1 N–H and O–H groups in total. The van der Waals surface area contributed by atoms with Crippen molar-refractivity contribution < 1.29 is 9.53 Å². The van der Waals surface area contributed by atoms with Crippen molar-refractivity contribution in [1.82, 2.24) is 14.7 Å². The number of aryl methyl sites for hydroxylation is 1. The molecule has 0 aliphatic carbocycles. The third-order valence-corrected chi connectivity index (χ3v) is 2.86. The van der Waals surface area contributed by atoms with Gasteiger partial charge in [-0.1, -0.05) is 13.0 Å². The Labute approximate surface area is 111 Å². The van der Waals surface area contributed by atoms with Crippen molar-refractivity contribution in [3.8, 4) is 5.75 Å². The lowest BCUT2D eigenvalue weighted by molar-refractivity contribution is 0.0951. The fourth-order valence-electron chi connectivity index (χ4n) is 1.98. The van der Waals surface area contributed by atoms with Crippen LogP contribution in [-0.2, 0) is 6.42 Å². The van der Waals surface area contributed by atoms with Crippen LogP contribution >= 0.6 is 0 Å². The van der Waals surface area contributed by atoms with Gasteiger partial charge in [-0.25, -0.2) is 4.98 Å². The van der Waals surface area contributed by atoms with E-state index in [-0.39, 0.29) is 5.91 Å². The van der Waals surface area contributed by atoms with E-state index in [9.17, 15) is 4.79 Å². The Kier molecular flexibility index (Phi) is 3.85. The zero-order chi connectivity index (χ0) is 13.8. The quantitative estimate of drug-likeness (QED) is 0.833. The lowest BCUT2D eigenvalue weighted by atomic mass is 10.2. The van der Waals surface area contributed by atoms with Crippen LogP contribution in [0.25, 0.3) is 5.65 Å². The Morgan fingerprint density at radius 3 is 3.05 bits per heavy atom. The smallest absolute Gasteiger partial charge is 0.270 e. The van der Waals surface area contributed by atoms with E-state index < -0.39 is 0 Å². The molecule has 0 unspecified atom stereocenters. The first kappa shape index (κ1) is 13.1. The number of nitrogens with one attached hydrogen (secondary N) is 1. The number of ether oxygens (including phenoxy) is 1. The molecule has 2 aromatic rings. The number of imidazole rings is 1. The maximum atomic E-state index is 12.2. The fraction of sp³-hybridized carbons (Fsp3) is 0.286. The summed E-state index contributed by atoms with van der Waals surface area (Å²) in [4.78, 5) is 16.7. The number of pyridine rings is 1. The highest BCUT2D eigenvalue weighted by Gasteiger charge is 2.19. The van der Waals surface area contributed by atoms with E-state index in [0.717, 1.165) is 5.69 Å². The Morgan fingerprint density at radius 1 is 1.63 bits per heavy atom. The Balaban J connectivity index is 2.58. The SMILES string of the molecule is C=CCNC(=O)c1c(CC)nc2c(OC)cccn12. The van der Waals surface area contributed by atoms with Gasteiger partial charge in [0.1, 0.15) is 5.69 Å². The standard InChI is InChI=1S/C14H17N3O2/c1-4-8-15-14(18)12-10(5-2)16-13-11(19-3)7-6-9-17(12)13/h4,6-7,9H,1,5,8H2,2-3H3,(H,15,18). The van der Waals surface area contributed by atoms with Crippen LogP contribution < -0.4 is 10.1 Å². The number of rotatable bonds is 5. The van der Waals surface area contributed by atoms with Crippen molar-refractivity contribution in [3.05, 3.63) is 42.4 Å². The summed E-state index contributed by atoms with van der Waals surface area (Å²) in [7, 11) is 1.59. The Hall–Kier alpha value is -2.30. The van der Waals surface area contributed by atoms with Crippen LogP contribution in [-0.4, -0.2) is 28.9 Å². The molecule has 19 heavy (non-hydrogen) atoms. The number of carbonyl (C=O) groups is 1. The molecule has 0 aliphatic heterocycles. The topological polar surface area (TPSA) is 55.6 Å². The van der Waals surface area contributed by atoms with Crippen LogP contribution in [0.5, 0.6) is 5.75 Å². The van der Waals surface area contributed by atoms with Gasteiger partial charge in [0, 0.05) is 12.7 Å². The second kappa shape index (κ2) is 5.56. The van der Waals surface area contributed by atoms with Crippen molar-refractivity contribution in [3.63, 3.8) is 0 Å². The number of fused-ring (bicyclic) bond motifs is 1. The number of nitrogens with zero attached hydrogens (tertiary/aromatic N) is 2. The molecule has 0 aliphatic rings. The molecule has 2 aromatic heterocycles. The maximum absolute atomic E-state index is 12.2. The van der Waals surface area contributed by atoms with Gasteiger partial charge in [0.2, 0.25) is 0 Å². The minimum Gasteiger partial charge on any atom is -0.493 e. The highest BCUT2D eigenvalue weighted by Crippen LogP contribution is 2.22. The number of methoxy groups -OCH3 is 1. The van der Waals surface area contributed by atoms with Gasteiger partial charge in [-0.05, 0) is 18.6 Å². The van der Waals surface area contributed by atoms with Gasteiger partial charge in [-0.2, -0.15) is 0 Å². The van der Waals surface area contributed by atoms with Crippen molar-refractivity contribution in [2.75, 3.05) is 13.7 Å². The number of carbonyl (C=O) groups excluding carboxylic acids is 1. The van der Waals surface area contributed by atoms with Gasteiger partial charge in [0.05, 0.1) is 12.8 Å². The summed E-state index contributed by atoms with van der Waals surface area (Å²) in [5.74, 6) is 0.498. The molecule has 0 radical (unpaired) electrons. The van der Waals surface area contributed by atoms with Gasteiger partial charge in [-0.15, -0.1) is 6.58 Å². The Morgan fingerprint density at radius 2 is 2.42 bits per heavy atom. The number of hydrogen-bond acceptors (Lipinski definition) is 3. The molecule has 0 fully saturated rings. The predicted octanol–water partition coefficient (Wildman–Crippen LogP) is 1.82. The summed E-state index contributed by atoms with van der Waals surface area (Å²) in [6.07, 6.45) is 4.14. The molecule has 0 saturated heterocycles. The summed E-state index contributed by atoms with van der Waals surface area (Å²) < 4.78 is 7.03. The summed E-state index contributed by atoms with van der Waals surface area (Å²) in [6, 6.07) is 3.66. The first-order chi connectivity index (χ1) is 9.22. The van der Waals surface area contributed by atoms with Crippen LogP contribution in [0.3, 0.4) is 0 Å². The van der Waals surface area contributed by atoms with Crippen molar-refractivity contribution in [2.24, 2.45) is 0 Å². The summed E-state index contributed by atoms with van der Waals surface area (Å²) >= 11 is 0. The van der Waals surface area contributed by atoms with Crippen molar-refractivity contribution >= 4 is 11.6 Å². The van der Waals surface area contributed by atoms with Gasteiger partial charge in [0.15, 0.2) is 11.4 Å². The molecular weight excluding hydrogens is 242 g/mol. The monoisotopic (exact) mass is 259 g/mol. The van der Waals surface area contributed by atoms with E-state index in [4.69, 9.17) is 4.74 Å². The van der Waals surface area contributed by atoms with E-state index in [0.29, 0.717) is 30.1 Å². The van der Waals surface area contributed by atoms with Crippen LogP contribution in [0, 0.1) is 0 Å². The third-order valence-electron chi connectivity index (χ3n) is 2.86. The van der Waals surface area contributed by atoms with Crippen LogP contribution in [0.4, 0.5) is 0 Å². The summed E-state index contributed by atoms with van der Waals surface area (Å²) in [5, 5.41) is 2.78. The molecule has 5 nitrogen and oxygen atoms in total. The number of amides is 1. The molecule has 2 rings (SSSR count). The van der Waals surface area contributed by atoms with Gasteiger partial charge < -0.3 is 10.1 Å². The average molecular weight is 259 g/mol. The molecule has 0 saturated carbocycles. The van der Waals surface area contributed by atoms with Crippen LogP contribution in [0.2, 0.25) is 0 Å².